The predicted molar refractivity (Wildman–Crippen MR) is 132 cm³/mol. The SMILES string of the molecule is COC(=O)c1c(C(=O)N2CCN(C(=O)Nc3ccc(SC)cc3)C(C)C2)nc(C)nc1C(C)C. The first-order valence-electron chi connectivity index (χ1n) is 11.1. The minimum atomic E-state index is -0.634. The summed E-state index contributed by atoms with van der Waals surface area (Å²) in [4.78, 5) is 52.0. The highest BCUT2D eigenvalue weighted by Gasteiger charge is 2.34. The fourth-order valence-electron chi connectivity index (χ4n) is 3.93. The van der Waals surface area contributed by atoms with Crippen molar-refractivity contribution >= 4 is 35.4 Å². The van der Waals surface area contributed by atoms with E-state index in [0.29, 0.717) is 36.8 Å². The summed E-state index contributed by atoms with van der Waals surface area (Å²) < 4.78 is 4.93. The average molecular weight is 486 g/mol. The van der Waals surface area contributed by atoms with Crippen LogP contribution in [0.1, 0.15) is 59.1 Å². The molecule has 1 N–H and O–H groups in total. The lowest BCUT2D eigenvalue weighted by molar-refractivity contribution is 0.0550. The number of nitrogens with zero attached hydrogens (tertiary/aromatic N) is 4. The van der Waals surface area contributed by atoms with Crippen molar-refractivity contribution in [3.63, 3.8) is 0 Å². The van der Waals surface area contributed by atoms with Crippen LogP contribution < -0.4 is 5.32 Å². The normalized spacial score (nSPS) is 15.9. The molecule has 1 aliphatic rings. The zero-order valence-electron chi connectivity index (χ0n) is 20.4. The summed E-state index contributed by atoms with van der Waals surface area (Å²) in [5, 5.41) is 2.92. The van der Waals surface area contributed by atoms with E-state index in [2.05, 4.69) is 15.3 Å². The van der Waals surface area contributed by atoms with E-state index in [1.54, 1.807) is 28.5 Å². The Balaban J connectivity index is 1.76. The number of nitrogens with one attached hydrogen (secondary N) is 1. The van der Waals surface area contributed by atoms with Crippen molar-refractivity contribution in [3.8, 4) is 0 Å². The third kappa shape index (κ3) is 5.49. The molecule has 1 aromatic carbocycles. The highest BCUT2D eigenvalue weighted by atomic mass is 32.2. The summed E-state index contributed by atoms with van der Waals surface area (Å²) >= 11 is 1.63. The Labute approximate surface area is 204 Å². The summed E-state index contributed by atoms with van der Waals surface area (Å²) in [5.74, 6) is -0.678. The first-order valence-corrected chi connectivity index (χ1v) is 12.4. The van der Waals surface area contributed by atoms with Gasteiger partial charge in [0.2, 0.25) is 0 Å². The van der Waals surface area contributed by atoms with E-state index in [9.17, 15) is 14.4 Å². The van der Waals surface area contributed by atoms with E-state index in [1.165, 1.54) is 7.11 Å². The number of piperazine rings is 1. The van der Waals surface area contributed by atoms with Gasteiger partial charge in [-0.25, -0.2) is 19.6 Å². The van der Waals surface area contributed by atoms with Crippen LogP contribution >= 0.6 is 11.8 Å². The van der Waals surface area contributed by atoms with Crippen LogP contribution in [0.4, 0.5) is 10.5 Å². The van der Waals surface area contributed by atoms with Crippen molar-refractivity contribution in [3.05, 3.63) is 47.0 Å². The molecule has 2 heterocycles. The summed E-state index contributed by atoms with van der Waals surface area (Å²) in [5.41, 5.74) is 1.35. The molecule has 1 unspecified atom stereocenters. The zero-order chi connectivity index (χ0) is 25.0. The van der Waals surface area contributed by atoms with E-state index in [4.69, 9.17) is 4.74 Å². The number of hydrogen-bond donors (Lipinski definition) is 1. The molecule has 3 amide bonds. The minimum Gasteiger partial charge on any atom is -0.465 e. The molecule has 0 bridgehead atoms. The number of amides is 3. The first-order chi connectivity index (χ1) is 16.2. The van der Waals surface area contributed by atoms with Gasteiger partial charge >= 0.3 is 12.0 Å². The monoisotopic (exact) mass is 485 g/mol. The number of thioether (sulfide) groups is 1. The second kappa shape index (κ2) is 10.9. The Bertz CT molecular complexity index is 1070. The highest BCUT2D eigenvalue weighted by molar-refractivity contribution is 7.98. The van der Waals surface area contributed by atoms with Crippen LogP contribution in [0.15, 0.2) is 29.2 Å². The molecule has 2 aromatic rings. The Morgan fingerprint density at radius 1 is 1.15 bits per heavy atom. The van der Waals surface area contributed by atoms with Gasteiger partial charge in [0.05, 0.1) is 12.8 Å². The van der Waals surface area contributed by atoms with Crippen LogP contribution in [0.2, 0.25) is 0 Å². The molecule has 0 aliphatic carbocycles. The number of anilines is 1. The number of aromatic nitrogens is 2. The summed E-state index contributed by atoms with van der Waals surface area (Å²) in [6, 6.07) is 7.20. The molecule has 34 heavy (non-hydrogen) atoms. The van der Waals surface area contributed by atoms with Crippen LogP contribution in [-0.4, -0.2) is 76.7 Å². The smallest absolute Gasteiger partial charge is 0.342 e. The molecule has 1 aromatic heterocycles. The molecular weight excluding hydrogens is 454 g/mol. The fourth-order valence-corrected chi connectivity index (χ4v) is 4.34. The van der Waals surface area contributed by atoms with Crippen LogP contribution in [0.25, 0.3) is 0 Å². The molecule has 1 saturated heterocycles. The number of aryl methyl sites for hydroxylation is 1. The van der Waals surface area contributed by atoms with Crippen molar-refractivity contribution in [2.75, 3.05) is 38.3 Å². The van der Waals surface area contributed by atoms with Crippen molar-refractivity contribution in [2.45, 2.75) is 44.6 Å². The highest BCUT2D eigenvalue weighted by Crippen LogP contribution is 2.24. The van der Waals surface area contributed by atoms with Gasteiger partial charge in [-0.1, -0.05) is 13.8 Å². The molecule has 1 aliphatic heterocycles. The van der Waals surface area contributed by atoms with Gasteiger partial charge in [0, 0.05) is 36.3 Å². The van der Waals surface area contributed by atoms with Gasteiger partial charge in [0.1, 0.15) is 17.1 Å². The lowest BCUT2D eigenvalue weighted by atomic mass is 10.0. The molecule has 0 radical (unpaired) electrons. The quantitative estimate of drug-likeness (QED) is 0.507. The van der Waals surface area contributed by atoms with Gasteiger partial charge in [-0.3, -0.25) is 4.79 Å². The van der Waals surface area contributed by atoms with E-state index >= 15 is 0 Å². The topological polar surface area (TPSA) is 105 Å². The molecule has 0 saturated carbocycles. The maximum absolute atomic E-state index is 13.4. The van der Waals surface area contributed by atoms with Crippen molar-refractivity contribution in [2.24, 2.45) is 0 Å². The zero-order valence-corrected chi connectivity index (χ0v) is 21.2. The summed E-state index contributed by atoms with van der Waals surface area (Å²) in [7, 11) is 1.27. The third-order valence-electron chi connectivity index (χ3n) is 5.70. The van der Waals surface area contributed by atoms with Crippen molar-refractivity contribution in [1.29, 1.82) is 0 Å². The standard InChI is InChI=1S/C24H31N5O4S/c1-14(2)20-19(23(31)33-5)21(26-16(4)25-20)22(30)28-11-12-29(15(3)13-28)24(32)27-17-7-9-18(34-6)10-8-17/h7-10,14-15H,11-13H2,1-6H3,(H,27,32). The second-order valence-corrected chi connectivity index (χ2v) is 9.36. The van der Waals surface area contributed by atoms with Gasteiger partial charge in [-0.05, 0) is 50.3 Å². The Morgan fingerprint density at radius 2 is 1.82 bits per heavy atom. The number of hydrogen-bond acceptors (Lipinski definition) is 7. The molecule has 9 nitrogen and oxygen atoms in total. The van der Waals surface area contributed by atoms with Crippen LogP contribution in [-0.2, 0) is 4.74 Å². The second-order valence-electron chi connectivity index (χ2n) is 8.48. The molecule has 0 spiro atoms. The number of methoxy groups -OCH3 is 1. The number of carbonyl (C=O) groups excluding carboxylic acids is 3. The minimum absolute atomic E-state index is 0.0436. The van der Waals surface area contributed by atoms with Crippen molar-refractivity contribution < 1.29 is 19.1 Å². The van der Waals surface area contributed by atoms with E-state index in [1.807, 2.05) is 51.3 Å². The summed E-state index contributed by atoms with van der Waals surface area (Å²) in [6.07, 6.45) is 2.00. The number of esters is 1. The lowest BCUT2D eigenvalue weighted by Crippen LogP contribution is -2.56. The maximum atomic E-state index is 13.4. The van der Waals surface area contributed by atoms with Crippen LogP contribution in [0, 0.1) is 6.92 Å². The maximum Gasteiger partial charge on any atom is 0.342 e. The van der Waals surface area contributed by atoms with Gasteiger partial charge < -0.3 is 19.9 Å². The molecule has 182 valence electrons. The first kappa shape index (κ1) is 25.5. The number of urea groups is 1. The van der Waals surface area contributed by atoms with E-state index in [0.717, 1.165) is 4.90 Å². The van der Waals surface area contributed by atoms with Gasteiger partial charge in [-0.2, -0.15) is 0 Å². The van der Waals surface area contributed by atoms with Gasteiger partial charge in [0.25, 0.3) is 5.91 Å². The molecular formula is C24H31N5O4S. The molecule has 1 atom stereocenters. The molecule has 1 fully saturated rings. The van der Waals surface area contributed by atoms with Gasteiger partial charge in [0.15, 0.2) is 0 Å². The van der Waals surface area contributed by atoms with Crippen molar-refractivity contribution in [1.82, 2.24) is 19.8 Å². The number of carbonyl (C=O) groups is 3. The number of ether oxygens (including phenoxy) is 1. The van der Waals surface area contributed by atoms with Crippen LogP contribution in [0.5, 0.6) is 0 Å². The predicted octanol–water partition coefficient (Wildman–Crippen LogP) is 3.80. The van der Waals surface area contributed by atoms with Gasteiger partial charge in [-0.15, -0.1) is 11.8 Å². The van der Waals surface area contributed by atoms with E-state index in [-0.39, 0.29) is 35.2 Å². The third-order valence-corrected chi connectivity index (χ3v) is 6.45. The number of rotatable bonds is 5. The Kier molecular flexibility index (Phi) is 8.14. The Morgan fingerprint density at radius 3 is 2.38 bits per heavy atom. The molecule has 3 rings (SSSR count). The molecule has 10 heteroatoms. The largest absolute Gasteiger partial charge is 0.465 e. The van der Waals surface area contributed by atoms with Crippen LogP contribution in [0.3, 0.4) is 0 Å². The van der Waals surface area contributed by atoms with E-state index < -0.39 is 5.97 Å². The summed E-state index contributed by atoms with van der Waals surface area (Å²) in [6.45, 7) is 8.38. The fraction of sp³-hybridized carbons (Fsp3) is 0.458. The Hall–Kier alpha value is -3.14. The lowest BCUT2D eigenvalue weighted by Gasteiger charge is -2.39. The average Bonchev–Trinajstić information content (AvgIpc) is 2.82. The number of benzene rings is 1.